The van der Waals surface area contributed by atoms with Crippen molar-refractivity contribution < 1.29 is 9.53 Å². The second-order valence-electron chi connectivity index (χ2n) is 6.82. The Hall–Kier alpha value is -2.06. The molecule has 3 aliphatic heterocycles. The fourth-order valence-electron chi connectivity index (χ4n) is 3.49. The SMILES string of the molecule is C[C@@H]1Cc2ccc(CN3CCN(C4=NN=C(NC=O)CS4)CC3)cc2O1. The van der Waals surface area contributed by atoms with Crippen molar-refractivity contribution in [2.45, 2.75) is 26.0 Å². The Morgan fingerprint density at radius 1 is 1.31 bits per heavy atom. The zero-order valence-corrected chi connectivity index (χ0v) is 15.7. The monoisotopic (exact) mass is 373 g/mol. The average molecular weight is 373 g/mol. The molecule has 1 fully saturated rings. The van der Waals surface area contributed by atoms with Crippen molar-refractivity contribution in [2.24, 2.45) is 10.2 Å². The van der Waals surface area contributed by atoms with E-state index in [2.05, 4.69) is 50.4 Å². The second kappa shape index (κ2) is 7.67. The Labute approximate surface area is 157 Å². The normalized spacial score (nSPS) is 23.0. The molecule has 7 nitrogen and oxygen atoms in total. The standard InChI is InChI=1S/C18H23N5O2S/c1-13-8-15-3-2-14(9-16(15)25-13)10-22-4-6-23(7-5-22)18-21-20-17(11-26-18)19-12-24/h2-3,9,12-13H,4-8,10-11H2,1H3,(H,19,20,24)/t13-/m1/s1. The molecule has 26 heavy (non-hydrogen) atoms. The minimum atomic E-state index is 0.294. The predicted molar refractivity (Wildman–Crippen MR) is 104 cm³/mol. The van der Waals surface area contributed by atoms with E-state index in [0.29, 0.717) is 24.1 Å². The number of fused-ring (bicyclic) bond motifs is 1. The molecule has 3 aliphatic rings. The van der Waals surface area contributed by atoms with Crippen molar-refractivity contribution in [2.75, 3.05) is 31.9 Å². The Balaban J connectivity index is 1.31. The topological polar surface area (TPSA) is 69.5 Å². The smallest absolute Gasteiger partial charge is 0.212 e. The minimum absolute atomic E-state index is 0.294. The van der Waals surface area contributed by atoms with Crippen LogP contribution in [-0.2, 0) is 17.8 Å². The molecule has 1 saturated heterocycles. The van der Waals surface area contributed by atoms with Crippen molar-refractivity contribution in [1.29, 1.82) is 0 Å². The first-order valence-corrected chi connectivity index (χ1v) is 9.93. The van der Waals surface area contributed by atoms with E-state index in [1.54, 1.807) is 11.8 Å². The van der Waals surface area contributed by atoms with Gasteiger partial charge in [0.05, 0.1) is 5.75 Å². The molecule has 0 aliphatic carbocycles. The lowest BCUT2D eigenvalue weighted by Crippen LogP contribution is -2.48. The summed E-state index contributed by atoms with van der Waals surface area (Å²) < 4.78 is 5.87. The van der Waals surface area contributed by atoms with Crippen LogP contribution in [0.3, 0.4) is 0 Å². The molecule has 1 atom stereocenters. The summed E-state index contributed by atoms with van der Waals surface area (Å²) in [6, 6.07) is 6.63. The third-order valence-corrected chi connectivity index (χ3v) is 5.85. The van der Waals surface area contributed by atoms with Gasteiger partial charge < -0.3 is 15.0 Å². The van der Waals surface area contributed by atoms with Crippen molar-refractivity contribution >= 4 is 29.2 Å². The molecule has 3 heterocycles. The maximum atomic E-state index is 10.4. The number of amidine groups is 2. The number of hydrogen-bond acceptors (Lipinski definition) is 7. The first-order chi connectivity index (χ1) is 12.7. The van der Waals surface area contributed by atoms with Gasteiger partial charge in [-0.25, -0.2) is 0 Å². The highest BCUT2D eigenvalue weighted by molar-refractivity contribution is 8.14. The van der Waals surface area contributed by atoms with E-state index in [1.807, 2.05) is 0 Å². The summed E-state index contributed by atoms with van der Waals surface area (Å²) in [5, 5.41) is 11.8. The van der Waals surface area contributed by atoms with E-state index in [9.17, 15) is 4.79 Å². The number of amides is 1. The summed E-state index contributed by atoms with van der Waals surface area (Å²) in [6.45, 7) is 6.94. The molecule has 4 rings (SSSR count). The van der Waals surface area contributed by atoms with Gasteiger partial charge in [-0.3, -0.25) is 9.69 Å². The van der Waals surface area contributed by atoms with Crippen LogP contribution in [0.25, 0.3) is 0 Å². The molecule has 1 aromatic carbocycles. The Bertz CT molecular complexity index is 743. The Kier molecular flexibility index (Phi) is 5.12. The molecule has 8 heteroatoms. The highest BCUT2D eigenvalue weighted by Crippen LogP contribution is 2.30. The highest BCUT2D eigenvalue weighted by atomic mass is 32.2. The van der Waals surface area contributed by atoms with Crippen LogP contribution in [0.4, 0.5) is 0 Å². The third kappa shape index (κ3) is 3.86. The lowest BCUT2D eigenvalue weighted by atomic mass is 10.1. The van der Waals surface area contributed by atoms with Gasteiger partial charge in [0.1, 0.15) is 17.7 Å². The molecule has 0 radical (unpaired) electrons. The summed E-state index contributed by atoms with van der Waals surface area (Å²) in [4.78, 5) is 15.2. The molecular formula is C18H23N5O2S. The van der Waals surface area contributed by atoms with Crippen LogP contribution in [0.15, 0.2) is 28.4 Å². The summed E-state index contributed by atoms with van der Waals surface area (Å²) in [5.41, 5.74) is 2.63. The Morgan fingerprint density at radius 3 is 2.88 bits per heavy atom. The summed E-state index contributed by atoms with van der Waals surface area (Å²) in [5.74, 6) is 2.32. The zero-order chi connectivity index (χ0) is 17.9. The largest absolute Gasteiger partial charge is 0.490 e. The van der Waals surface area contributed by atoms with Crippen LogP contribution in [0.1, 0.15) is 18.1 Å². The number of nitrogens with one attached hydrogen (secondary N) is 1. The molecule has 1 aromatic rings. The number of rotatable bonds is 3. The van der Waals surface area contributed by atoms with Crippen LogP contribution < -0.4 is 10.1 Å². The van der Waals surface area contributed by atoms with Gasteiger partial charge in [0.15, 0.2) is 5.17 Å². The van der Waals surface area contributed by atoms with Crippen molar-refractivity contribution in [3.8, 4) is 5.75 Å². The molecule has 0 bridgehead atoms. The van der Waals surface area contributed by atoms with E-state index in [4.69, 9.17) is 4.74 Å². The number of carbonyl (C=O) groups excluding carboxylic acids is 1. The molecule has 0 spiro atoms. The van der Waals surface area contributed by atoms with E-state index in [0.717, 1.165) is 50.1 Å². The van der Waals surface area contributed by atoms with Gasteiger partial charge in [-0.15, -0.1) is 10.2 Å². The second-order valence-corrected chi connectivity index (χ2v) is 7.76. The van der Waals surface area contributed by atoms with Gasteiger partial charge in [0.2, 0.25) is 6.41 Å². The van der Waals surface area contributed by atoms with E-state index in [-0.39, 0.29) is 0 Å². The van der Waals surface area contributed by atoms with Crippen LogP contribution in [0.5, 0.6) is 5.75 Å². The maximum Gasteiger partial charge on any atom is 0.212 e. The molecule has 138 valence electrons. The van der Waals surface area contributed by atoms with Crippen molar-refractivity contribution in [1.82, 2.24) is 15.1 Å². The molecule has 1 amide bonds. The van der Waals surface area contributed by atoms with Crippen molar-refractivity contribution in [3.63, 3.8) is 0 Å². The first kappa shape index (κ1) is 17.4. The van der Waals surface area contributed by atoms with Gasteiger partial charge in [-0.1, -0.05) is 23.9 Å². The maximum absolute atomic E-state index is 10.4. The number of hydrogen-bond donors (Lipinski definition) is 1. The fourth-order valence-corrected chi connectivity index (χ4v) is 4.36. The Morgan fingerprint density at radius 2 is 2.15 bits per heavy atom. The lowest BCUT2D eigenvalue weighted by molar-refractivity contribution is -0.108. The van der Waals surface area contributed by atoms with Gasteiger partial charge in [-0.05, 0) is 24.1 Å². The zero-order valence-electron chi connectivity index (χ0n) is 14.9. The van der Waals surface area contributed by atoms with Crippen LogP contribution in [0.2, 0.25) is 0 Å². The number of nitrogens with zero attached hydrogens (tertiary/aromatic N) is 4. The van der Waals surface area contributed by atoms with E-state index in [1.165, 1.54) is 11.1 Å². The highest BCUT2D eigenvalue weighted by Gasteiger charge is 2.23. The number of ether oxygens (including phenoxy) is 1. The minimum Gasteiger partial charge on any atom is -0.490 e. The van der Waals surface area contributed by atoms with Crippen LogP contribution >= 0.6 is 11.8 Å². The van der Waals surface area contributed by atoms with Gasteiger partial charge >= 0.3 is 0 Å². The summed E-state index contributed by atoms with van der Waals surface area (Å²) in [7, 11) is 0. The molecular weight excluding hydrogens is 350 g/mol. The van der Waals surface area contributed by atoms with E-state index >= 15 is 0 Å². The number of benzene rings is 1. The van der Waals surface area contributed by atoms with Crippen LogP contribution in [-0.4, -0.2) is 65.2 Å². The lowest BCUT2D eigenvalue weighted by Gasteiger charge is -2.36. The van der Waals surface area contributed by atoms with Gasteiger partial charge in [0, 0.05) is 39.1 Å². The molecule has 0 unspecified atom stereocenters. The fraction of sp³-hybridized carbons (Fsp3) is 0.500. The summed E-state index contributed by atoms with van der Waals surface area (Å²) in [6.07, 6.45) is 1.95. The number of thioether (sulfide) groups is 1. The average Bonchev–Trinajstić information content (AvgIpc) is 3.03. The third-order valence-electron chi connectivity index (χ3n) is 4.84. The quantitative estimate of drug-likeness (QED) is 0.809. The van der Waals surface area contributed by atoms with Crippen molar-refractivity contribution in [3.05, 3.63) is 29.3 Å². The predicted octanol–water partition coefficient (Wildman–Crippen LogP) is 1.29. The summed E-state index contributed by atoms with van der Waals surface area (Å²) >= 11 is 1.63. The number of piperazine rings is 1. The molecule has 0 aromatic heterocycles. The molecule has 0 saturated carbocycles. The van der Waals surface area contributed by atoms with Crippen LogP contribution in [0, 0.1) is 0 Å². The first-order valence-electron chi connectivity index (χ1n) is 8.94. The number of carbonyl (C=O) groups is 1. The van der Waals surface area contributed by atoms with Gasteiger partial charge in [-0.2, -0.15) is 0 Å². The molecule has 1 N–H and O–H groups in total. The van der Waals surface area contributed by atoms with E-state index < -0.39 is 0 Å². The van der Waals surface area contributed by atoms with Gasteiger partial charge in [0.25, 0.3) is 0 Å².